The van der Waals surface area contributed by atoms with E-state index in [0.717, 1.165) is 33.6 Å². The van der Waals surface area contributed by atoms with Gasteiger partial charge in [-0.15, -0.1) is 0 Å². The van der Waals surface area contributed by atoms with Crippen LogP contribution in [0.5, 0.6) is 0 Å². The van der Waals surface area contributed by atoms with E-state index in [4.69, 9.17) is 0 Å². The summed E-state index contributed by atoms with van der Waals surface area (Å²) in [5, 5.41) is 2.90. The van der Waals surface area contributed by atoms with E-state index >= 15 is 0 Å². The second-order valence-electron chi connectivity index (χ2n) is 5.25. The van der Waals surface area contributed by atoms with E-state index in [-0.39, 0.29) is 11.7 Å². The highest BCUT2D eigenvalue weighted by molar-refractivity contribution is 8.38. The molecule has 0 radical (unpaired) electrons. The van der Waals surface area contributed by atoms with Crippen molar-refractivity contribution in [3.63, 3.8) is 0 Å². The molecular weight excluding hydrogens is 343 g/mol. The number of hydrogen-bond acceptors (Lipinski definition) is 4. The van der Waals surface area contributed by atoms with Gasteiger partial charge in [-0.05, 0) is 29.3 Å². The lowest BCUT2D eigenvalue weighted by atomic mass is 10.1. The third-order valence-corrected chi connectivity index (χ3v) is 5.84. The molecule has 2 aromatic rings. The number of thioether (sulfide) groups is 2. The molecule has 0 saturated carbocycles. The highest BCUT2D eigenvalue weighted by Gasteiger charge is 2.13. The standard InChI is InChI=1S/C18H17FN2OS2/c19-15-7-5-13(6-8-15)11-21-17(22)16-4-2-1-3-14(16)12-24-18-20-9-10-23-18/h1-8H,9-12H2,(H,21,22). The van der Waals surface area contributed by atoms with Gasteiger partial charge < -0.3 is 5.32 Å². The van der Waals surface area contributed by atoms with Gasteiger partial charge in [-0.1, -0.05) is 53.9 Å². The lowest BCUT2D eigenvalue weighted by Crippen LogP contribution is -2.23. The van der Waals surface area contributed by atoms with Crippen molar-refractivity contribution >= 4 is 33.8 Å². The van der Waals surface area contributed by atoms with Crippen molar-refractivity contribution in [2.75, 3.05) is 12.3 Å². The van der Waals surface area contributed by atoms with Crippen LogP contribution < -0.4 is 5.32 Å². The molecule has 124 valence electrons. The third-order valence-electron chi connectivity index (χ3n) is 3.54. The zero-order valence-electron chi connectivity index (χ0n) is 13.0. The Bertz CT molecular complexity index is 747. The molecule has 0 aromatic heterocycles. The zero-order valence-corrected chi connectivity index (χ0v) is 14.6. The average molecular weight is 360 g/mol. The summed E-state index contributed by atoms with van der Waals surface area (Å²) < 4.78 is 14.0. The summed E-state index contributed by atoms with van der Waals surface area (Å²) in [4.78, 5) is 16.9. The molecule has 1 heterocycles. The Morgan fingerprint density at radius 1 is 1.21 bits per heavy atom. The third kappa shape index (κ3) is 4.61. The van der Waals surface area contributed by atoms with Crippen LogP contribution in [-0.2, 0) is 12.3 Å². The average Bonchev–Trinajstić information content (AvgIpc) is 3.13. The summed E-state index contributed by atoms with van der Waals surface area (Å²) in [6, 6.07) is 13.7. The van der Waals surface area contributed by atoms with Crippen molar-refractivity contribution < 1.29 is 9.18 Å². The van der Waals surface area contributed by atoms with Gasteiger partial charge >= 0.3 is 0 Å². The summed E-state index contributed by atoms with van der Waals surface area (Å²) in [5.74, 6) is 1.38. The zero-order chi connectivity index (χ0) is 16.8. The molecule has 2 aromatic carbocycles. The second-order valence-corrected chi connectivity index (χ2v) is 7.56. The van der Waals surface area contributed by atoms with E-state index in [0.29, 0.717) is 12.1 Å². The van der Waals surface area contributed by atoms with Gasteiger partial charge in [-0.2, -0.15) is 0 Å². The number of aliphatic imine (C=N–C) groups is 1. The van der Waals surface area contributed by atoms with Gasteiger partial charge in [-0.25, -0.2) is 4.39 Å². The number of nitrogens with zero attached hydrogens (tertiary/aromatic N) is 1. The molecule has 0 bridgehead atoms. The number of carbonyl (C=O) groups is 1. The molecule has 0 unspecified atom stereocenters. The largest absolute Gasteiger partial charge is 0.348 e. The monoisotopic (exact) mass is 360 g/mol. The lowest BCUT2D eigenvalue weighted by molar-refractivity contribution is 0.0950. The van der Waals surface area contributed by atoms with Crippen LogP contribution in [0.1, 0.15) is 21.5 Å². The normalized spacial score (nSPS) is 13.6. The summed E-state index contributed by atoms with van der Waals surface area (Å²) >= 11 is 3.44. The molecule has 3 nitrogen and oxygen atoms in total. The fourth-order valence-corrected chi connectivity index (χ4v) is 4.30. The summed E-state index contributed by atoms with van der Waals surface area (Å²) in [6.07, 6.45) is 0. The topological polar surface area (TPSA) is 41.5 Å². The van der Waals surface area contributed by atoms with Gasteiger partial charge in [0.05, 0.1) is 6.54 Å². The molecule has 0 atom stereocenters. The Morgan fingerprint density at radius 3 is 2.75 bits per heavy atom. The molecule has 1 N–H and O–H groups in total. The highest BCUT2D eigenvalue weighted by Crippen LogP contribution is 2.26. The van der Waals surface area contributed by atoms with E-state index < -0.39 is 0 Å². The minimum Gasteiger partial charge on any atom is -0.348 e. The predicted octanol–water partition coefficient (Wildman–Crippen LogP) is 4.09. The number of carbonyl (C=O) groups excluding carboxylic acids is 1. The van der Waals surface area contributed by atoms with Crippen molar-refractivity contribution in [3.05, 3.63) is 71.0 Å². The quantitative estimate of drug-likeness (QED) is 0.873. The Kier molecular flexibility index (Phi) is 5.93. The summed E-state index contributed by atoms with van der Waals surface area (Å²) in [6.45, 7) is 1.26. The van der Waals surface area contributed by atoms with Crippen LogP contribution in [0.2, 0.25) is 0 Å². The first-order valence-electron chi connectivity index (χ1n) is 7.63. The van der Waals surface area contributed by atoms with E-state index in [2.05, 4.69) is 10.3 Å². The molecule has 0 aliphatic carbocycles. The first-order valence-corrected chi connectivity index (χ1v) is 9.60. The van der Waals surface area contributed by atoms with E-state index in [1.165, 1.54) is 12.1 Å². The van der Waals surface area contributed by atoms with Crippen molar-refractivity contribution in [2.24, 2.45) is 4.99 Å². The maximum Gasteiger partial charge on any atom is 0.251 e. The van der Waals surface area contributed by atoms with Crippen LogP contribution in [0, 0.1) is 5.82 Å². The summed E-state index contributed by atoms with van der Waals surface area (Å²) in [5.41, 5.74) is 2.54. The van der Waals surface area contributed by atoms with Crippen molar-refractivity contribution in [1.82, 2.24) is 5.32 Å². The number of hydrogen-bond donors (Lipinski definition) is 1. The molecule has 0 saturated heterocycles. The predicted molar refractivity (Wildman–Crippen MR) is 100 cm³/mol. The fourth-order valence-electron chi connectivity index (χ4n) is 2.29. The van der Waals surface area contributed by atoms with Gasteiger partial charge in [0.15, 0.2) is 0 Å². The van der Waals surface area contributed by atoms with Crippen LogP contribution in [0.4, 0.5) is 4.39 Å². The molecule has 1 aliphatic rings. The molecule has 1 aliphatic heterocycles. The molecule has 1 amide bonds. The highest BCUT2D eigenvalue weighted by atomic mass is 32.2. The minimum atomic E-state index is -0.278. The van der Waals surface area contributed by atoms with Crippen LogP contribution in [0.25, 0.3) is 0 Å². The van der Waals surface area contributed by atoms with E-state index in [9.17, 15) is 9.18 Å². The molecule has 24 heavy (non-hydrogen) atoms. The minimum absolute atomic E-state index is 0.114. The van der Waals surface area contributed by atoms with Gasteiger partial charge in [0.1, 0.15) is 10.2 Å². The molecule has 0 spiro atoms. The van der Waals surface area contributed by atoms with Crippen LogP contribution in [0.3, 0.4) is 0 Å². The van der Waals surface area contributed by atoms with E-state index in [1.807, 2.05) is 24.3 Å². The van der Waals surface area contributed by atoms with Crippen LogP contribution in [-0.4, -0.2) is 22.6 Å². The Morgan fingerprint density at radius 2 is 2.00 bits per heavy atom. The lowest BCUT2D eigenvalue weighted by Gasteiger charge is -2.10. The number of rotatable bonds is 5. The van der Waals surface area contributed by atoms with Gasteiger partial charge in [0, 0.05) is 23.6 Å². The number of nitrogens with one attached hydrogen (secondary N) is 1. The maximum absolute atomic E-state index is 12.9. The molecular formula is C18H17FN2OS2. The van der Waals surface area contributed by atoms with E-state index in [1.54, 1.807) is 35.7 Å². The van der Waals surface area contributed by atoms with Crippen molar-refractivity contribution in [3.8, 4) is 0 Å². The number of amides is 1. The van der Waals surface area contributed by atoms with Gasteiger partial charge in [-0.3, -0.25) is 9.79 Å². The fraction of sp³-hybridized carbons (Fsp3) is 0.222. The Hall–Kier alpha value is -1.79. The maximum atomic E-state index is 12.9. The first-order chi connectivity index (χ1) is 11.7. The smallest absolute Gasteiger partial charge is 0.251 e. The Labute approximate surface area is 149 Å². The van der Waals surface area contributed by atoms with Crippen molar-refractivity contribution in [1.29, 1.82) is 0 Å². The Balaban J connectivity index is 1.62. The number of halogens is 1. The van der Waals surface area contributed by atoms with Crippen LogP contribution >= 0.6 is 23.5 Å². The summed E-state index contributed by atoms with van der Waals surface area (Å²) in [7, 11) is 0. The van der Waals surface area contributed by atoms with Gasteiger partial charge in [0.25, 0.3) is 5.91 Å². The van der Waals surface area contributed by atoms with Crippen LogP contribution in [0.15, 0.2) is 53.5 Å². The molecule has 6 heteroatoms. The second kappa shape index (κ2) is 8.35. The molecule has 3 rings (SSSR count). The van der Waals surface area contributed by atoms with Crippen molar-refractivity contribution in [2.45, 2.75) is 12.3 Å². The first kappa shape index (κ1) is 17.0. The SMILES string of the molecule is O=C(NCc1ccc(F)cc1)c1ccccc1CSC1=NCCS1. The van der Waals surface area contributed by atoms with Gasteiger partial charge in [0.2, 0.25) is 0 Å². The molecule has 0 fully saturated rings. The number of benzene rings is 2.